The third kappa shape index (κ3) is 4.66. The Labute approximate surface area is 152 Å². The van der Waals surface area contributed by atoms with Crippen LogP contribution in [0.2, 0.25) is 0 Å². The van der Waals surface area contributed by atoms with Crippen LogP contribution in [0.4, 0.5) is 0 Å². The van der Waals surface area contributed by atoms with Gasteiger partial charge in [-0.25, -0.2) is 0 Å². The standard InChI is InChI=1S/C18H15BrN2O2S/c19-17-7-5-16(24-17)6-8-18(22)21(13-15-4-2-10-23-15)12-14-3-1-9-20-11-14/h1-11H,12-13H2/b8-6+. The monoisotopic (exact) mass is 402 g/mol. The molecule has 0 unspecified atom stereocenters. The largest absolute Gasteiger partial charge is 0.467 e. The highest BCUT2D eigenvalue weighted by atomic mass is 79.9. The van der Waals surface area contributed by atoms with Gasteiger partial charge in [0.15, 0.2) is 0 Å². The van der Waals surface area contributed by atoms with Crippen LogP contribution in [0.15, 0.2) is 69.3 Å². The lowest BCUT2D eigenvalue weighted by atomic mass is 10.2. The van der Waals surface area contributed by atoms with E-state index in [1.165, 1.54) is 0 Å². The van der Waals surface area contributed by atoms with E-state index < -0.39 is 0 Å². The smallest absolute Gasteiger partial charge is 0.247 e. The van der Waals surface area contributed by atoms with Crippen LogP contribution in [0.25, 0.3) is 6.08 Å². The summed E-state index contributed by atoms with van der Waals surface area (Å²) < 4.78 is 6.42. The zero-order chi connectivity index (χ0) is 16.8. The van der Waals surface area contributed by atoms with Gasteiger partial charge >= 0.3 is 0 Å². The minimum Gasteiger partial charge on any atom is -0.467 e. The van der Waals surface area contributed by atoms with Gasteiger partial charge in [0.25, 0.3) is 0 Å². The van der Waals surface area contributed by atoms with E-state index in [0.29, 0.717) is 13.1 Å². The highest BCUT2D eigenvalue weighted by molar-refractivity contribution is 9.11. The van der Waals surface area contributed by atoms with Crippen LogP contribution in [0.1, 0.15) is 16.2 Å². The van der Waals surface area contributed by atoms with Crippen molar-refractivity contribution in [1.82, 2.24) is 9.88 Å². The molecule has 3 rings (SSSR count). The number of hydrogen-bond acceptors (Lipinski definition) is 4. The van der Waals surface area contributed by atoms with Gasteiger partial charge in [-0.15, -0.1) is 11.3 Å². The van der Waals surface area contributed by atoms with Gasteiger partial charge in [0, 0.05) is 29.9 Å². The Hall–Kier alpha value is -2.18. The molecule has 0 aliphatic rings. The van der Waals surface area contributed by atoms with E-state index >= 15 is 0 Å². The van der Waals surface area contributed by atoms with Crippen molar-refractivity contribution < 1.29 is 9.21 Å². The summed E-state index contributed by atoms with van der Waals surface area (Å²) in [6.45, 7) is 0.894. The molecule has 122 valence electrons. The van der Waals surface area contributed by atoms with Gasteiger partial charge in [0.05, 0.1) is 16.6 Å². The molecule has 0 radical (unpaired) electrons. The van der Waals surface area contributed by atoms with Crippen LogP contribution >= 0.6 is 27.3 Å². The Morgan fingerprint density at radius 2 is 2.17 bits per heavy atom. The Morgan fingerprint density at radius 1 is 1.25 bits per heavy atom. The van der Waals surface area contributed by atoms with Crippen molar-refractivity contribution in [3.05, 3.63) is 81.1 Å². The summed E-state index contributed by atoms with van der Waals surface area (Å²) in [5.74, 6) is 0.680. The van der Waals surface area contributed by atoms with Gasteiger partial charge in [-0.05, 0) is 57.9 Å². The SMILES string of the molecule is O=C(/C=C/c1ccc(Br)s1)N(Cc1cccnc1)Cc1ccco1. The molecule has 0 fully saturated rings. The summed E-state index contributed by atoms with van der Waals surface area (Å²) in [5, 5.41) is 0. The molecule has 24 heavy (non-hydrogen) atoms. The molecule has 0 saturated heterocycles. The third-order valence-electron chi connectivity index (χ3n) is 3.32. The number of rotatable bonds is 6. The summed E-state index contributed by atoms with van der Waals surface area (Å²) in [4.78, 5) is 19.5. The molecule has 1 amide bonds. The van der Waals surface area contributed by atoms with Crippen molar-refractivity contribution >= 4 is 39.2 Å². The molecule has 0 atom stereocenters. The molecule has 6 heteroatoms. The molecule has 0 aliphatic heterocycles. The predicted octanol–water partition coefficient (Wildman–Crippen LogP) is 4.74. The normalized spacial score (nSPS) is 11.0. The van der Waals surface area contributed by atoms with E-state index in [1.54, 1.807) is 41.0 Å². The molecular formula is C18H15BrN2O2S. The second-order valence-corrected chi connectivity index (χ2v) is 7.60. The van der Waals surface area contributed by atoms with Crippen LogP contribution in [0.5, 0.6) is 0 Å². The van der Waals surface area contributed by atoms with Crippen molar-refractivity contribution in [3.63, 3.8) is 0 Å². The first-order chi connectivity index (χ1) is 11.7. The first-order valence-corrected chi connectivity index (χ1v) is 8.95. The van der Waals surface area contributed by atoms with Crippen molar-refractivity contribution in [2.24, 2.45) is 0 Å². The molecular weight excluding hydrogens is 388 g/mol. The number of carbonyl (C=O) groups is 1. The number of furan rings is 1. The van der Waals surface area contributed by atoms with Crippen LogP contribution in [-0.2, 0) is 17.9 Å². The fourth-order valence-corrected chi connectivity index (χ4v) is 3.52. The number of amides is 1. The summed E-state index contributed by atoms with van der Waals surface area (Å²) in [7, 11) is 0. The predicted molar refractivity (Wildman–Crippen MR) is 98.3 cm³/mol. The maximum Gasteiger partial charge on any atom is 0.247 e. The van der Waals surface area contributed by atoms with Crippen LogP contribution in [-0.4, -0.2) is 15.8 Å². The number of thiophene rings is 1. The third-order valence-corrected chi connectivity index (χ3v) is 4.91. The van der Waals surface area contributed by atoms with E-state index in [0.717, 1.165) is 20.0 Å². The Bertz CT molecular complexity index is 813. The van der Waals surface area contributed by atoms with Gasteiger partial charge in [0.2, 0.25) is 5.91 Å². The zero-order valence-electron chi connectivity index (χ0n) is 12.8. The van der Waals surface area contributed by atoms with Crippen molar-refractivity contribution in [1.29, 1.82) is 0 Å². The maximum absolute atomic E-state index is 12.6. The minimum atomic E-state index is -0.0697. The van der Waals surface area contributed by atoms with Crippen molar-refractivity contribution in [2.75, 3.05) is 0 Å². The van der Waals surface area contributed by atoms with Gasteiger partial charge in [-0.2, -0.15) is 0 Å². The number of pyridine rings is 1. The van der Waals surface area contributed by atoms with E-state index in [4.69, 9.17) is 4.42 Å². The maximum atomic E-state index is 12.6. The fraction of sp³-hybridized carbons (Fsp3) is 0.111. The first-order valence-electron chi connectivity index (χ1n) is 7.34. The number of carbonyl (C=O) groups excluding carboxylic acids is 1. The Morgan fingerprint density at radius 3 is 2.83 bits per heavy atom. The molecule has 0 aliphatic carbocycles. The molecule has 0 aromatic carbocycles. The van der Waals surface area contributed by atoms with Crippen molar-refractivity contribution in [3.8, 4) is 0 Å². The molecule has 3 aromatic heterocycles. The Balaban J connectivity index is 1.75. The summed E-state index contributed by atoms with van der Waals surface area (Å²) in [5.41, 5.74) is 0.977. The van der Waals surface area contributed by atoms with Crippen LogP contribution in [0.3, 0.4) is 0 Å². The van der Waals surface area contributed by atoms with Gasteiger partial charge in [-0.3, -0.25) is 9.78 Å². The average Bonchev–Trinajstić information content (AvgIpc) is 3.24. The summed E-state index contributed by atoms with van der Waals surface area (Å²) in [6, 6.07) is 11.4. The lowest BCUT2D eigenvalue weighted by Gasteiger charge is -2.20. The average molecular weight is 403 g/mol. The van der Waals surface area contributed by atoms with Crippen molar-refractivity contribution in [2.45, 2.75) is 13.1 Å². The lowest BCUT2D eigenvalue weighted by Crippen LogP contribution is -2.28. The number of nitrogens with zero attached hydrogens (tertiary/aromatic N) is 2. The lowest BCUT2D eigenvalue weighted by molar-refractivity contribution is -0.127. The molecule has 0 saturated carbocycles. The van der Waals surface area contributed by atoms with Gasteiger partial charge < -0.3 is 9.32 Å². The van der Waals surface area contributed by atoms with E-state index in [1.807, 2.05) is 42.5 Å². The molecule has 3 aromatic rings. The van der Waals surface area contributed by atoms with Crippen LogP contribution < -0.4 is 0 Å². The van der Waals surface area contributed by atoms with Gasteiger partial charge in [-0.1, -0.05) is 6.07 Å². The molecule has 0 N–H and O–H groups in total. The topological polar surface area (TPSA) is 46.3 Å². The quantitative estimate of drug-likeness (QED) is 0.559. The van der Waals surface area contributed by atoms with E-state index in [2.05, 4.69) is 20.9 Å². The molecule has 4 nitrogen and oxygen atoms in total. The molecule has 0 spiro atoms. The number of aromatic nitrogens is 1. The first kappa shape index (κ1) is 16.7. The zero-order valence-corrected chi connectivity index (χ0v) is 15.2. The fourth-order valence-electron chi connectivity index (χ4n) is 2.19. The van der Waals surface area contributed by atoms with E-state index in [-0.39, 0.29) is 5.91 Å². The number of halogens is 1. The van der Waals surface area contributed by atoms with Gasteiger partial charge in [0.1, 0.15) is 5.76 Å². The highest BCUT2D eigenvalue weighted by Gasteiger charge is 2.14. The summed E-state index contributed by atoms with van der Waals surface area (Å²) >= 11 is 5.00. The summed E-state index contributed by atoms with van der Waals surface area (Å²) in [6.07, 6.45) is 8.52. The minimum absolute atomic E-state index is 0.0697. The molecule has 3 heterocycles. The highest BCUT2D eigenvalue weighted by Crippen LogP contribution is 2.23. The van der Waals surface area contributed by atoms with E-state index in [9.17, 15) is 4.79 Å². The van der Waals surface area contributed by atoms with Crippen LogP contribution in [0, 0.1) is 0 Å². The molecule has 0 bridgehead atoms. The Kier molecular flexibility index (Phi) is 5.61. The second kappa shape index (κ2) is 8.08. The number of hydrogen-bond donors (Lipinski definition) is 0. The second-order valence-electron chi connectivity index (χ2n) is 5.11.